The molecular formula is C20H22N6O2. The van der Waals surface area contributed by atoms with E-state index < -0.39 is 11.8 Å². The van der Waals surface area contributed by atoms with Gasteiger partial charge in [0.05, 0.1) is 11.7 Å². The minimum atomic E-state index is -0.716. The lowest BCUT2D eigenvalue weighted by atomic mass is 10.1. The maximum atomic E-state index is 12.3. The number of carbonyl (C=O) groups is 2. The summed E-state index contributed by atoms with van der Waals surface area (Å²) < 4.78 is 1.71. The number of aromatic nitrogens is 3. The average Bonchev–Trinajstić information content (AvgIpc) is 3.23. The maximum Gasteiger partial charge on any atom is 0.313 e. The van der Waals surface area contributed by atoms with E-state index in [4.69, 9.17) is 0 Å². The van der Waals surface area contributed by atoms with Gasteiger partial charge in [0, 0.05) is 12.2 Å². The van der Waals surface area contributed by atoms with Crippen molar-refractivity contribution in [2.75, 3.05) is 26.0 Å². The molecule has 0 saturated heterocycles. The van der Waals surface area contributed by atoms with Crippen LogP contribution in [0.25, 0.3) is 5.69 Å². The minimum Gasteiger partial charge on any atom is -0.346 e. The zero-order valence-electron chi connectivity index (χ0n) is 15.7. The monoisotopic (exact) mass is 378 g/mol. The SMILES string of the molecule is CN(C)[C@@H](CNC(=O)C(=O)Nc1cccc(-n2cnnc2)c1)c1ccccc1. The lowest BCUT2D eigenvalue weighted by molar-refractivity contribution is -0.136. The number of nitrogens with one attached hydrogen (secondary N) is 2. The predicted octanol–water partition coefficient (Wildman–Crippen LogP) is 1.62. The van der Waals surface area contributed by atoms with Gasteiger partial charge in [0.15, 0.2) is 0 Å². The van der Waals surface area contributed by atoms with Gasteiger partial charge in [0.25, 0.3) is 0 Å². The van der Waals surface area contributed by atoms with E-state index in [0.717, 1.165) is 11.3 Å². The van der Waals surface area contributed by atoms with Crippen LogP contribution in [-0.4, -0.2) is 52.1 Å². The molecule has 2 aromatic carbocycles. The standard InChI is InChI=1S/C20H22N6O2/c1-25(2)18(15-7-4-3-5-8-15)12-21-19(27)20(28)24-16-9-6-10-17(11-16)26-13-22-23-14-26/h3-11,13-14,18H,12H2,1-2H3,(H,21,27)(H,24,28)/t18-/m0/s1. The van der Waals surface area contributed by atoms with Gasteiger partial charge in [-0.3, -0.25) is 14.2 Å². The number of hydrogen-bond acceptors (Lipinski definition) is 5. The molecule has 0 aliphatic carbocycles. The summed E-state index contributed by atoms with van der Waals surface area (Å²) in [7, 11) is 3.86. The van der Waals surface area contributed by atoms with Crippen LogP contribution >= 0.6 is 0 Å². The predicted molar refractivity (Wildman–Crippen MR) is 106 cm³/mol. The van der Waals surface area contributed by atoms with Crippen molar-refractivity contribution in [2.24, 2.45) is 0 Å². The molecule has 0 saturated carbocycles. The van der Waals surface area contributed by atoms with Crippen molar-refractivity contribution in [2.45, 2.75) is 6.04 Å². The molecule has 3 aromatic rings. The van der Waals surface area contributed by atoms with E-state index in [2.05, 4.69) is 20.8 Å². The average molecular weight is 378 g/mol. The fraction of sp³-hybridized carbons (Fsp3) is 0.200. The number of amides is 2. The number of hydrogen-bond donors (Lipinski definition) is 2. The zero-order chi connectivity index (χ0) is 19.9. The Hall–Kier alpha value is -3.52. The van der Waals surface area contributed by atoms with E-state index in [0.29, 0.717) is 12.2 Å². The Morgan fingerprint density at radius 2 is 1.71 bits per heavy atom. The van der Waals surface area contributed by atoms with Gasteiger partial charge in [0.2, 0.25) is 0 Å². The number of carbonyl (C=O) groups excluding carboxylic acids is 2. The summed E-state index contributed by atoms with van der Waals surface area (Å²) in [6.45, 7) is 0.323. The molecule has 0 fully saturated rings. The van der Waals surface area contributed by atoms with Crippen LogP contribution in [0.4, 0.5) is 5.69 Å². The topological polar surface area (TPSA) is 92.2 Å². The second-order valence-electron chi connectivity index (χ2n) is 6.47. The van der Waals surface area contributed by atoms with Crippen LogP contribution in [0, 0.1) is 0 Å². The summed E-state index contributed by atoms with van der Waals surface area (Å²) in [5.74, 6) is -1.40. The van der Waals surface area contributed by atoms with Gasteiger partial charge in [-0.25, -0.2) is 0 Å². The van der Waals surface area contributed by atoms with E-state index in [1.165, 1.54) is 0 Å². The highest BCUT2D eigenvalue weighted by atomic mass is 16.2. The highest BCUT2D eigenvalue weighted by Gasteiger charge is 2.18. The van der Waals surface area contributed by atoms with Gasteiger partial charge in [-0.2, -0.15) is 0 Å². The Morgan fingerprint density at radius 3 is 2.39 bits per heavy atom. The van der Waals surface area contributed by atoms with Crippen LogP contribution in [0.3, 0.4) is 0 Å². The lowest BCUT2D eigenvalue weighted by Gasteiger charge is -2.25. The van der Waals surface area contributed by atoms with Gasteiger partial charge in [-0.05, 0) is 37.9 Å². The lowest BCUT2D eigenvalue weighted by Crippen LogP contribution is -2.40. The molecule has 2 N–H and O–H groups in total. The highest BCUT2D eigenvalue weighted by Crippen LogP contribution is 2.17. The van der Waals surface area contributed by atoms with Crippen molar-refractivity contribution in [1.29, 1.82) is 0 Å². The molecule has 0 aliphatic rings. The molecule has 1 heterocycles. The molecule has 3 rings (SSSR count). The molecule has 0 aliphatic heterocycles. The summed E-state index contributed by atoms with van der Waals surface area (Å²) in [6, 6.07) is 16.9. The summed E-state index contributed by atoms with van der Waals surface area (Å²) in [4.78, 5) is 26.5. The summed E-state index contributed by atoms with van der Waals surface area (Å²) >= 11 is 0. The molecule has 0 spiro atoms. The summed E-state index contributed by atoms with van der Waals surface area (Å²) in [5, 5.41) is 12.8. The first kappa shape index (κ1) is 19.2. The van der Waals surface area contributed by atoms with Gasteiger partial charge < -0.3 is 15.5 Å². The molecule has 1 atom stereocenters. The van der Waals surface area contributed by atoms with Gasteiger partial charge >= 0.3 is 11.8 Å². The Bertz CT molecular complexity index is 925. The molecule has 0 radical (unpaired) electrons. The second kappa shape index (κ2) is 8.92. The van der Waals surface area contributed by atoms with E-state index in [1.54, 1.807) is 35.4 Å². The molecule has 28 heavy (non-hydrogen) atoms. The van der Waals surface area contributed by atoms with Crippen LogP contribution in [0.5, 0.6) is 0 Å². The largest absolute Gasteiger partial charge is 0.346 e. The number of benzene rings is 2. The van der Waals surface area contributed by atoms with Crippen molar-refractivity contribution >= 4 is 17.5 Å². The summed E-state index contributed by atoms with van der Waals surface area (Å²) in [5.41, 5.74) is 2.35. The van der Waals surface area contributed by atoms with Crippen LogP contribution in [0.1, 0.15) is 11.6 Å². The fourth-order valence-electron chi connectivity index (χ4n) is 2.81. The Morgan fingerprint density at radius 1 is 1.00 bits per heavy atom. The smallest absolute Gasteiger partial charge is 0.313 e. The number of anilines is 1. The summed E-state index contributed by atoms with van der Waals surface area (Å²) in [6.07, 6.45) is 3.11. The van der Waals surface area contributed by atoms with Crippen LogP contribution in [-0.2, 0) is 9.59 Å². The number of likely N-dealkylation sites (N-methyl/N-ethyl adjacent to an activating group) is 1. The van der Waals surface area contributed by atoms with Crippen LogP contribution in [0.15, 0.2) is 67.3 Å². The van der Waals surface area contributed by atoms with E-state index >= 15 is 0 Å². The third-order valence-electron chi connectivity index (χ3n) is 4.29. The van der Waals surface area contributed by atoms with E-state index in [-0.39, 0.29) is 6.04 Å². The Labute approximate surface area is 163 Å². The van der Waals surface area contributed by atoms with Gasteiger partial charge in [-0.15, -0.1) is 10.2 Å². The van der Waals surface area contributed by atoms with Gasteiger partial charge in [0.1, 0.15) is 12.7 Å². The molecule has 0 bridgehead atoms. The first-order valence-corrected chi connectivity index (χ1v) is 8.80. The van der Waals surface area contributed by atoms with Crippen molar-refractivity contribution in [1.82, 2.24) is 25.0 Å². The second-order valence-corrected chi connectivity index (χ2v) is 6.47. The van der Waals surface area contributed by atoms with Crippen LogP contribution < -0.4 is 10.6 Å². The fourth-order valence-corrected chi connectivity index (χ4v) is 2.81. The molecule has 0 unspecified atom stereocenters. The first-order chi connectivity index (χ1) is 13.5. The maximum absolute atomic E-state index is 12.3. The zero-order valence-corrected chi connectivity index (χ0v) is 15.7. The first-order valence-electron chi connectivity index (χ1n) is 8.80. The normalized spacial score (nSPS) is 11.8. The van der Waals surface area contributed by atoms with E-state index in [1.807, 2.05) is 55.4 Å². The third kappa shape index (κ3) is 4.80. The molecule has 8 heteroatoms. The molecular weight excluding hydrogens is 356 g/mol. The number of nitrogens with zero attached hydrogens (tertiary/aromatic N) is 4. The van der Waals surface area contributed by atoms with Gasteiger partial charge in [-0.1, -0.05) is 36.4 Å². The Kier molecular flexibility index (Phi) is 6.13. The van der Waals surface area contributed by atoms with Crippen molar-refractivity contribution in [3.05, 3.63) is 72.8 Å². The highest BCUT2D eigenvalue weighted by molar-refractivity contribution is 6.39. The van der Waals surface area contributed by atoms with E-state index in [9.17, 15) is 9.59 Å². The van der Waals surface area contributed by atoms with Crippen molar-refractivity contribution < 1.29 is 9.59 Å². The van der Waals surface area contributed by atoms with Crippen molar-refractivity contribution in [3.63, 3.8) is 0 Å². The molecule has 8 nitrogen and oxygen atoms in total. The minimum absolute atomic E-state index is 0.0324. The molecule has 2 amide bonds. The quantitative estimate of drug-likeness (QED) is 0.636. The van der Waals surface area contributed by atoms with Crippen LogP contribution in [0.2, 0.25) is 0 Å². The third-order valence-corrected chi connectivity index (χ3v) is 4.29. The van der Waals surface area contributed by atoms with Crippen molar-refractivity contribution in [3.8, 4) is 5.69 Å². The Balaban J connectivity index is 1.60. The molecule has 144 valence electrons. The molecule has 1 aromatic heterocycles. The number of rotatable bonds is 6.